The third kappa shape index (κ3) is 1.88. The van der Waals surface area contributed by atoms with Crippen molar-refractivity contribution in [1.82, 2.24) is 9.97 Å². The van der Waals surface area contributed by atoms with E-state index in [1.54, 1.807) is 30.3 Å². The normalized spacial score (nSPS) is 11.3. The van der Waals surface area contributed by atoms with Crippen LogP contribution in [0.15, 0.2) is 47.3 Å². The van der Waals surface area contributed by atoms with Crippen molar-refractivity contribution in [2.24, 2.45) is 0 Å². The van der Waals surface area contributed by atoms with Crippen LogP contribution in [0.5, 0.6) is 0 Å². The SMILES string of the molecule is Nc1nc2ccc3[nH]c(-c4ccccc4F)cc(=O)c3c2s1. The van der Waals surface area contributed by atoms with Crippen LogP contribution >= 0.6 is 11.3 Å². The molecule has 2 heterocycles. The number of H-pyrrole nitrogens is 1. The first kappa shape index (κ1) is 13.0. The summed E-state index contributed by atoms with van der Waals surface area (Å²) in [6.07, 6.45) is 0. The Labute approximate surface area is 128 Å². The van der Waals surface area contributed by atoms with Crippen molar-refractivity contribution in [3.63, 3.8) is 0 Å². The van der Waals surface area contributed by atoms with Gasteiger partial charge < -0.3 is 10.7 Å². The maximum absolute atomic E-state index is 13.9. The second kappa shape index (κ2) is 4.64. The molecule has 6 heteroatoms. The van der Waals surface area contributed by atoms with Gasteiger partial charge in [-0.15, -0.1) is 0 Å². The standard InChI is InChI=1S/C16H10FN3OS/c17-9-4-2-1-3-8(9)12-7-13(21)14-10(19-12)5-6-11-15(14)22-16(18)20-11/h1-7H,(H2,18,20)(H,19,21). The molecule has 0 saturated heterocycles. The third-order valence-corrected chi connectivity index (χ3v) is 4.45. The molecular weight excluding hydrogens is 301 g/mol. The minimum atomic E-state index is -0.374. The van der Waals surface area contributed by atoms with E-state index >= 15 is 0 Å². The number of thiazole rings is 1. The molecule has 3 N–H and O–H groups in total. The molecule has 4 rings (SSSR count). The van der Waals surface area contributed by atoms with Crippen LogP contribution in [0.25, 0.3) is 32.4 Å². The van der Waals surface area contributed by atoms with E-state index < -0.39 is 0 Å². The number of anilines is 1. The zero-order valence-electron chi connectivity index (χ0n) is 11.3. The molecule has 2 aromatic heterocycles. The summed E-state index contributed by atoms with van der Waals surface area (Å²) in [6, 6.07) is 11.3. The number of pyridine rings is 1. The summed E-state index contributed by atoms with van der Waals surface area (Å²) >= 11 is 1.27. The van der Waals surface area contributed by atoms with Crippen LogP contribution in [-0.2, 0) is 0 Å². The minimum Gasteiger partial charge on any atom is -0.375 e. The Morgan fingerprint density at radius 3 is 2.82 bits per heavy atom. The van der Waals surface area contributed by atoms with Crippen LogP contribution in [0.1, 0.15) is 0 Å². The molecule has 0 radical (unpaired) electrons. The van der Waals surface area contributed by atoms with Gasteiger partial charge in [0.05, 0.1) is 26.8 Å². The topological polar surface area (TPSA) is 71.8 Å². The number of benzene rings is 2. The molecule has 2 aromatic carbocycles. The Bertz CT molecular complexity index is 1080. The summed E-state index contributed by atoms with van der Waals surface area (Å²) < 4.78 is 14.7. The molecule has 0 unspecified atom stereocenters. The minimum absolute atomic E-state index is 0.179. The van der Waals surface area contributed by atoms with Gasteiger partial charge in [-0.1, -0.05) is 23.5 Å². The van der Waals surface area contributed by atoms with Gasteiger partial charge in [0.2, 0.25) is 0 Å². The number of fused-ring (bicyclic) bond motifs is 3. The number of aromatic nitrogens is 2. The number of nitrogen functional groups attached to an aromatic ring is 1. The van der Waals surface area contributed by atoms with Gasteiger partial charge >= 0.3 is 0 Å². The van der Waals surface area contributed by atoms with E-state index in [4.69, 9.17) is 5.73 Å². The van der Waals surface area contributed by atoms with Gasteiger partial charge in [-0.3, -0.25) is 4.79 Å². The molecule has 0 bridgehead atoms. The molecule has 4 aromatic rings. The van der Waals surface area contributed by atoms with Gasteiger partial charge in [0.1, 0.15) is 5.82 Å². The highest BCUT2D eigenvalue weighted by atomic mass is 32.1. The molecule has 0 fully saturated rings. The predicted octanol–water partition coefficient (Wildman–Crippen LogP) is 3.53. The largest absolute Gasteiger partial charge is 0.375 e. The van der Waals surface area contributed by atoms with Gasteiger partial charge in [-0.25, -0.2) is 9.37 Å². The van der Waals surface area contributed by atoms with Crippen molar-refractivity contribution in [3.8, 4) is 11.3 Å². The van der Waals surface area contributed by atoms with Crippen LogP contribution in [-0.4, -0.2) is 9.97 Å². The van der Waals surface area contributed by atoms with Crippen LogP contribution in [0.4, 0.5) is 9.52 Å². The Balaban J connectivity index is 2.08. The molecule has 0 aliphatic carbocycles. The van der Waals surface area contributed by atoms with E-state index in [1.807, 2.05) is 0 Å². The van der Waals surface area contributed by atoms with Crippen LogP contribution < -0.4 is 11.2 Å². The van der Waals surface area contributed by atoms with Crippen LogP contribution in [0.3, 0.4) is 0 Å². The van der Waals surface area contributed by atoms with Crippen molar-refractivity contribution in [1.29, 1.82) is 0 Å². The highest BCUT2D eigenvalue weighted by Gasteiger charge is 2.12. The number of hydrogen-bond acceptors (Lipinski definition) is 4. The number of nitrogens with zero attached hydrogens (tertiary/aromatic N) is 1. The van der Waals surface area contributed by atoms with Crippen molar-refractivity contribution >= 4 is 37.6 Å². The number of nitrogens with two attached hydrogens (primary N) is 1. The molecule has 0 amide bonds. The number of rotatable bonds is 1. The zero-order valence-corrected chi connectivity index (χ0v) is 12.1. The third-order valence-electron chi connectivity index (χ3n) is 3.53. The Hall–Kier alpha value is -2.73. The second-order valence-electron chi connectivity index (χ2n) is 4.92. The first-order valence-electron chi connectivity index (χ1n) is 6.60. The van der Waals surface area contributed by atoms with Gasteiger partial charge in [-0.2, -0.15) is 0 Å². The lowest BCUT2D eigenvalue weighted by Crippen LogP contribution is -2.03. The molecule has 0 atom stereocenters. The smallest absolute Gasteiger partial charge is 0.191 e. The summed E-state index contributed by atoms with van der Waals surface area (Å²) in [4.78, 5) is 19.8. The maximum Gasteiger partial charge on any atom is 0.191 e. The van der Waals surface area contributed by atoms with Crippen molar-refractivity contribution in [2.45, 2.75) is 0 Å². The fourth-order valence-electron chi connectivity index (χ4n) is 2.57. The first-order chi connectivity index (χ1) is 10.6. The van der Waals surface area contributed by atoms with Crippen LogP contribution in [0, 0.1) is 5.82 Å². The summed E-state index contributed by atoms with van der Waals surface area (Å²) in [5.41, 5.74) is 7.69. The molecule has 0 aliphatic rings. The number of hydrogen-bond donors (Lipinski definition) is 2. The number of nitrogens with one attached hydrogen (secondary N) is 1. The Kier molecular flexibility index (Phi) is 2.74. The summed E-state index contributed by atoms with van der Waals surface area (Å²) in [5, 5.41) is 0.951. The highest BCUT2D eigenvalue weighted by Crippen LogP contribution is 2.30. The van der Waals surface area contributed by atoms with Gasteiger partial charge in [0.25, 0.3) is 0 Å². The van der Waals surface area contributed by atoms with Crippen molar-refractivity contribution in [3.05, 3.63) is 58.5 Å². The van der Waals surface area contributed by atoms with E-state index in [9.17, 15) is 9.18 Å². The van der Waals surface area contributed by atoms with E-state index in [2.05, 4.69) is 9.97 Å². The fourth-order valence-corrected chi connectivity index (χ4v) is 3.45. The summed E-state index contributed by atoms with van der Waals surface area (Å²) in [6.45, 7) is 0. The maximum atomic E-state index is 13.9. The quantitative estimate of drug-likeness (QED) is 0.565. The molecule has 4 nitrogen and oxygen atoms in total. The lowest BCUT2D eigenvalue weighted by atomic mass is 10.1. The number of halogens is 1. The van der Waals surface area contributed by atoms with E-state index in [1.165, 1.54) is 23.5 Å². The first-order valence-corrected chi connectivity index (χ1v) is 7.42. The summed E-state index contributed by atoms with van der Waals surface area (Å²) in [7, 11) is 0. The van der Waals surface area contributed by atoms with Gasteiger partial charge in [0.15, 0.2) is 10.6 Å². The second-order valence-corrected chi connectivity index (χ2v) is 5.95. The average Bonchev–Trinajstić information content (AvgIpc) is 2.87. The Morgan fingerprint density at radius 1 is 1.18 bits per heavy atom. The van der Waals surface area contributed by atoms with E-state index in [0.717, 1.165) is 4.70 Å². The summed E-state index contributed by atoms with van der Waals surface area (Å²) in [5.74, 6) is -0.374. The Morgan fingerprint density at radius 2 is 2.00 bits per heavy atom. The van der Waals surface area contributed by atoms with E-state index in [0.29, 0.717) is 32.8 Å². The molecule has 108 valence electrons. The molecular formula is C16H10FN3OS. The fraction of sp³-hybridized carbons (Fsp3) is 0. The molecule has 0 saturated carbocycles. The lowest BCUT2D eigenvalue weighted by Gasteiger charge is -2.06. The monoisotopic (exact) mass is 311 g/mol. The average molecular weight is 311 g/mol. The van der Waals surface area contributed by atoms with Gasteiger partial charge in [0, 0.05) is 11.6 Å². The zero-order chi connectivity index (χ0) is 15.3. The number of aromatic amines is 1. The van der Waals surface area contributed by atoms with Crippen LogP contribution in [0.2, 0.25) is 0 Å². The van der Waals surface area contributed by atoms with Gasteiger partial charge in [-0.05, 0) is 24.3 Å². The predicted molar refractivity (Wildman–Crippen MR) is 87.6 cm³/mol. The van der Waals surface area contributed by atoms with Crippen molar-refractivity contribution < 1.29 is 4.39 Å². The highest BCUT2D eigenvalue weighted by molar-refractivity contribution is 7.23. The molecule has 0 spiro atoms. The molecule has 22 heavy (non-hydrogen) atoms. The van der Waals surface area contributed by atoms with Crippen molar-refractivity contribution in [2.75, 3.05) is 5.73 Å². The lowest BCUT2D eigenvalue weighted by molar-refractivity contribution is 0.631. The molecule has 0 aliphatic heterocycles. The van der Waals surface area contributed by atoms with E-state index in [-0.39, 0.29) is 11.2 Å².